The van der Waals surface area contributed by atoms with Gasteiger partial charge in [-0.05, 0) is 31.4 Å². The van der Waals surface area contributed by atoms with Crippen LogP contribution in [0.2, 0.25) is 0 Å². The zero-order valence-corrected chi connectivity index (χ0v) is 9.88. The highest BCUT2D eigenvalue weighted by Gasteiger charge is 2.31. The number of likely N-dealkylation sites (tertiary alicyclic amines) is 1. The first-order valence-electron chi connectivity index (χ1n) is 6.36. The second-order valence-corrected chi connectivity index (χ2v) is 5.12. The maximum atomic E-state index is 12.3. The Morgan fingerprint density at radius 1 is 1.41 bits per heavy atom. The SMILES string of the molecule is O=C(c1cccn1C1CC1)N1CCC(CO)C1. The van der Waals surface area contributed by atoms with Crippen LogP contribution in [0.1, 0.15) is 35.8 Å². The van der Waals surface area contributed by atoms with Gasteiger partial charge in [-0.25, -0.2) is 0 Å². The van der Waals surface area contributed by atoms with Gasteiger partial charge in [0.05, 0.1) is 0 Å². The first-order valence-corrected chi connectivity index (χ1v) is 6.36. The van der Waals surface area contributed by atoms with E-state index in [1.54, 1.807) is 0 Å². The van der Waals surface area contributed by atoms with Crippen molar-refractivity contribution >= 4 is 5.91 Å². The Bertz CT molecular complexity index is 423. The van der Waals surface area contributed by atoms with Crippen molar-refractivity contribution in [2.24, 2.45) is 5.92 Å². The molecule has 1 aromatic rings. The molecule has 1 amide bonds. The predicted molar refractivity (Wildman–Crippen MR) is 63.8 cm³/mol. The summed E-state index contributed by atoms with van der Waals surface area (Å²) in [4.78, 5) is 14.2. The van der Waals surface area contributed by atoms with Gasteiger partial charge < -0.3 is 14.6 Å². The molecule has 2 fully saturated rings. The number of hydrogen-bond donors (Lipinski definition) is 1. The normalized spacial score (nSPS) is 24.3. The summed E-state index contributed by atoms with van der Waals surface area (Å²) >= 11 is 0. The van der Waals surface area contributed by atoms with Gasteiger partial charge in [0, 0.05) is 37.9 Å². The molecule has 1 aromatic heterocycles. The molecule has 3 rings (SSSR count). The molecule has 4 nitrogen and oxygen atoms in total. The lowest BCUT2D eigenvalue weighted by Crippen LogP contribution is -2.30. The quantitative estimate of drug-likeness (QED) is 0.856. The van der Waals surface area contributed by atoms with Crippen LogP contribution >= 0.6 is 0 Å². The van der Waals surface area contributed by atoms with Crippen LogP contribution in [0.3, 0.4) is 0 Å². The van der Waals surface area contributed by atoms with Crippen molar-refractivity contribution in [3.05, 3.63) is 24.0 Å². The average Bonchev–Trinajstić information content (AvgIpc) is 2.92. The summed E-state index contributed by atoms with van der Waals surface area (Å²) in [5.74, 6) is 0.390. The molecule has 92 valence electrons. The molecule has 0 spiro atoms. The molecule has 17 heavy (non-hydrogen) atoms. The number of carbonyl (C=O) groups is 1. The van der Waals surface area contributed by atoms with Crippen molar-refractivity contribution in [3.63, 3.8) is 0 Å². The molecule has 1 aliphatic heterocycles. The maximum Gasteiger partial charge on any atom is 0.270 e. The third kappa shape index (κ3) is 1.97. The molecule has 0 bridgehead atoms. The van der Waals surface area contributed by atoms with Gasteiger partial charge >= 0.3 is 0 Å². The topological polar surface area (TPSA) is 45.5 Å². The third-order valence-corrected chi connectivity index (χ3v) is 3.77. The zero-order chi connectivity index (χ0) is 11.8. The summed E-state index contributed by atoms with van der Waals surface area (Å²) in [5, 5.41) is 9.11. The van der Waals surface area contributed by atoms with E-state index in [0.717, 1.165) is 18.7 Å². The fraction of sp³-hybridized carbons (Fsp3) is 0.615. The minimum Gasteiger partial charge on any atom is -0.396 e. The largest absolute Gasteiger partial charge is 0.396 e. The van der Waals surface area contributed by atoms with E-state index in [4.69, 9.17) is 5.11 Å². The molecule has 1 saturated carbocycles. The molecule has 2 aliphatic rings. The molecular weight excluding hydrogens is 216 g/mol. The van der Waals surface area contributed by atoms with Crippen molar-refractivity contribution in [1.82, 2.24) is 9.47 Å². The monoisotopic (exact) mass is 234 g/mol. The van der Waals surface area contributed by atoms with Crippen molar-refractivity contribution in [1.29, 1.82) is 0 Å². The zero-order valence-electron chi connectivity index (χ0n) is 9.88. The average molecular weight is 234 g/mol. The van der Waals surface area contributed by atoms with Crippen LogP contribution < -0.4 is 0 Å². The molecule has 2 heterocycles. The molecule has 1 aliphatic carbocycles. The van der Waals surface area contributed by atoms with Crippen LogP contribution in [0, 0.1) is 5.92 Å². The van der Waals surface area contributed by atoms with Crippen molar-refractivity contribution in [2.45, 2.75) is 25.3 Å². The Balaban J connectivity index is 1.75. The smallest absolute Gasteiger partial charge is 0.270 e. The van der Waals surface area contributed by atoms with E-state index in [-0.39, 0.29) is 18.4 Å². The van der Waals surface area contributed by atoms with Crippen LogP contribution in [0.15, 0.2) is 18.3 Å². The first-order chi connectivity index (χ1) is 8.29. The van der Waals surface area contributed by atoms with Crippen molar-refractivity contribution < 1.29 is 9.90 Å². The van der Waals surface area contributed by atoms with Gasteiger partial charge in [0.2, 0.25) is 0 Å². The van der Waals surface area contributed by atoms with Crippen LogP contribution in [0.4, 0.5) is 0 Å². The van der Waals surface area contributed by atoms with E-state index in [2.05, 4.69) is 4.57 Å². The summed E-state index contributed by atoms with van der Waals surface area (Å²) in [6.45, 7) is 1.67. The number of rotatable bonds is 3. The fourth-order valence-corrected chi connectivity index (χ4v) is 2.57. The molecule has 1 unspecified atom stereocenters. The lowest BCUT2D eigenvalue weighted by molar-refractivity contribution is 0.0771. The lowest BCUT2D eigenvalue weighted by atomic mass is 10.1. The highest BCUT2D eigenvalue weighted by molar-refractivity contribution is 5.93. The second kappa shape index (κ2) is 4.18. The Morgan fingerprint density at radius 3 is 2.88 bits per heavy atom. The van der Waals surface area contributed by atoms with E-state index in [0.29, 0.717) is 12.6 Å². The number of aromatic nitrogens is 1. The van der Waals surface area contributed by atoms with Gasteiger partial charge in [0.1, 0.15) is 5.69 Å². The number of nitrogens with zero attached hydrogens (tertiary/aromatic N) is 2. The van der Waals surface area contributed by atoms with Gasteiger partial charge in [-0.15, -0.1) is 0 Å². The predicted octanol–water partition coefficient (Wildman–Crippen LogP) is 1.28. The van der Waals surface area contributed by atoms with Gasteiger partial charge in [0.25, 0.3) is 5.91 Å². The van der Waals surface area contributed by atoms with Gasteiger partial charge in [-0.1, -0.05) is 0 Å². The number of aliphatic hydroxyl groups excluding tert-OH is 1. The van der Waals surface area contributed by atoms with Crippen LogP contribution in [-0.4, -0.2) is 40.2 Å². The lowest BCUT2D eigenvalue weighted by Gasteiger charge is -2.17. The first kappa shape index (κ1) is 10.8. The maximum absolute atomic E-state index is 12.3. The van der Waals surface area contributed by atoms with Crippen molar-refractivity contribution in [2.75, 3.05) is 19.7 Å². The van der Waals surface area contributed by atoms with Gasteiger partial charge in [-0.2, -0.15) is 0 Å². The van der Waals surface area contributed by atoms with E-state index < -0.39 is 0 Å². The highest BCUT2D eigenvalue weighted by atomic mass is 16.3. The summed E-state index contributed by atoms with van der Waals surface area (Å²) in [5.41, 5.74) is 0.811. The van der Waals surface area contributed by atoms with Crippen LogP contribution in [0.25, 0.3) is 0 Å². The van der Waals surface area contributed by atoms with Gasteiger partial charge in [0.15, 0.2) is 0 Å². The Morgan fingerprint density at radius 2 is 2.24 bits per heavy atom. The van der Waals surface area contributed by atoms with Crippen LogP contribution in [-0.2, 0) is 0 Å². The molecular formula is C13H18N2O2. The van der Waals surface area contributed by atoms with Crippen molar-refractivity contribution in [3.8, 4) is 0 Å². The minimum atomic E-state index is 0.123. The Labute approximate surface area is 101 Å². The molecule has 1 N–H and O–H groups in total. The van der Waals surface area contributed by atoms with E-state index in [9.17, 15) is 4.79 Å². The molecule has 0 radical (unpaired) electrons. The number of amides is 1. The second-order valence-electron chi connectivity index (χ2n) is 5.12. The summed E-state index contributed by atoms with van der Waals surface area (Å²) < 4.78 is 2.11. The Hall–Kier alpha value is -1.29. The summed E-state index contributed by atoms with van der Waals surface area (Å²) in [6.07, 6.45) is 5.30. The minimum absolute atomic E-state index is 0.123. The Kier molecular flexibility index (Phi) is 2.67. The number of carbonyl (C=O) groups excluding carboxylic acids is 1. The van der Waals surface area contributed by atoms with E-state index in [1.807, 2.05) is 23.2 Å². The fourth-order valence-electron chi connectivity index (χ4n) is 2.57. The summed E-state index contributed by atoms with van der Waals surface area (Å²) in [6, 6.07) is 4.40. The highest BCUT2D eigenvalue weighted by Crippen LogP contribution is 2.36. The van der Waals surface area contributed by atoms with Gasteiger partial charge in [-0.3, -0.25) is 4.79 Å². The molecule has 0 aromatic carbocycles. The third-order valence-electron chi connectivity index (χ3n) is 3.77. The number of hydrogen-bond acceptors (Lipinski definition) is 2. The molecule has 1 saturated heterocycles. The molecule has 1 atom stereocenters. The standard InChI is InChI=1S/C13H18N2O2/c16-9-10-5-7-14(8-10)13(17)12-2-1-6-15(12)11-3-4-11/h1-2,6,10-11,16H,3-5,7-9H2. The van der Waals surface area contributed by atoms with E-state index >= 15 is 0 Å². The number of aliphatic hydroxyl groups is 1. The molecule has 4 heteroatoms. The van der Waals surface area contributed by atoms with Crippen LogP contribution in [0.5, 0.6) is 0 Å². The summed E-state index contributed by atoms with van der Waals surface area (Å²) in [7, 11) is 0. The van der Waals surface area contributed by atoms with E-state index in [1.165, 1.54) is 12.8 Å².